The average molecular weight is 902 g/mol. The van der Waals surface area contributed by atoms with Gasteiger partial charge in [-0.2, -0.15) is 11.2 Å². The van der Waals surface area contributed by atoms with Crippen molar-refractivity contribution in [3.05, 3.63) is 119 Å². The van der Waals surface area contributed by atoms with Gasteiger partial charge in [0.2, 0.25) is 0 Å². The number of ether oxygens (including phenoxy) is 2. The minimum Gasteiger partial charge on any atom is -0.509 e. The van der Waals surface area contributed by atoms with Crippen LogP contribution in [0.25, 0.3) is 33.3 Å². The third kappa shape index (κ3) is 7.37. The summed E-state index contributed by atoms with van der Waals surface area (Å²) >= 11 is 0. The summed E-state index contributed by atoms with van der Waals surface area (Å²) in [5.74, 6) is 3.00. The molecule has 7 heteroatoms. The summed E-state index contributed by atoms with van der Waals surface area (Å²) in [5, 5.41) is 7.77. The van der Waals surface area contributed by atoms with Crippen LogP contribution < -0.4 is 4.74 Å². The molecule has 3 atom stereocenters. The Morgan fingerprint density at radius 1 is 0.870 bits per heavy atom. The summed E-state index contributed by atoms with van der Waals surface area (Å²) < 4.78 is 16.9. The summed E-state index contributed by atoms with van der Waals surface area (Å²) in [7, 11) is 1.81. The molecule has 284 valence electrons. The van der Waals surface area contributed by atoms with E-state index in [1.807, 2.05) is 25.4 Å². The van der Waals surface area contributed by atoms with E-state index in [9.17, 15) is 0 Å². The van der Waals surface area contributed by atoms with Crippen molar-refractivity contribution in [1.82, 2.24) is 19.3 Å². The van der Waals surface area contributed by atoms with Crippen LogP contribution in [0.4, 0.5) is 0 Å². The van der Waals surface area contributed by atoms with Crippen molar-refractivity contribution in [2.24, 2.45) is 5.92 Å². The van der Waals surface area contributed by atoms with Gasteiger partial charge < -0.3 is 14.0 Å². The minimum atomic E-state index is -0.206. The number of rotatable bonds is 7. The van der Waals surface area contributed by atoms with E-state index in [1.165, 1.54) is 16.8 Å². The first-order valence-electron chi connectivity index (χ1n) is 19.0. The molecular weight excluding hydrogens is 848 g/mol. The van der Waals surface area contributed by atoms with Gasteiger partial charge in [-0.05, 0) is 66.9 Å². The van der Waals surface area contributed by atoms with Crippen molar-refractivity contribution < 1.29 is 30.5 Å². The molecule has 0 bridgehead atoms. The summed E-state index contributed by atoms with van der Waals surface area (Å²) in [6, 6.07) is 28.4. The van der Waals surface area contributed by atoms with Gasteiger partial charge in [-0.3, -0.25) is 4.68 Å². The van der Waals surface area contributed by atoms with E-state index in [2.05, 4.69) is 152 Å². The molecule has 1 aliphatic rings. The van der Waals surface area contributed by atoms with Crippen LogP contribution in [0.1, 0.15) is 116 Å². The molecule has 0 fully saturated rings. The van der Waals surface area contributed by atoms with E-state index in [1.54, 1.807) is 0 Å². The molecule has 0 amide bonds. The van der Waals surface area contributed by atoms with Crippen LogP contribution in [0.5, 0.6) is 11.5 Å². The fourth-order valence-corrected chi connectivity index (χ4v) is 8.25. The summed E-state index contributed by atoms with van der Waals surface area (Å²) in [6.45, 7) is 24.9. The second-order valence-electron chi connectivity index (χ2n) is 17.4. The zero-order valence-electron chi connectivity index (χ0n) is 33.9. The molecule has 0 saturated carbocycles. The standard InChI is InChI=1S/C47H54N4O2.Pt/c1-28(2)32-24-33(51-45(47(9,10)11)43(44(49-51)46(6,7)8)42-30(4)22-35(52-12)23-31(42)5)26-36(25-32)53-34-17-18-38-37-15-13-14-16-39(37)50(40(38)27-34)41-21-29(3)19-20-48-41;/h13-22,24-25,28,31,35,42H,23H2,1-12H3;/q-2;+2/t31-,35-,42?;/m0./s1. The smallest absolute Gasteiger partial charge is 0.509 e. The topological polar surface area (TPSA) is 54.1 Å². The Kier molecular flexibility index (Phi) is 11.0. The Morgan fingerprint density at radius 3 is 2.26 bits per heavy atom. The Labute approximate surface area is 336 Å². The Bertz CT molecular complexity index is 2350. The molecular formula is C47H54N4O2Pt. The monoisotopic (exact) mass is 901 g/mol. The first-order chi connectivity index (χ1) is 25.0. The van der Waals surface area contributed by atoms with Crippen molar-refractivity contribution in [2.45, 2.75) is 111 Å². The van der Waals surface area contributed by atoms with Gasteiger partial charge >= 0.3 is 21.1 Å². The van der Waals surface area contributed by atoms with Crippen LogP contribution in [0, 0.1) is 25.0 Å². The van der Waals surface area contributed by atoms with E-state index >= 15 is 0 Å². The molecule has 6 nitrogen and oxygen atoms in total. The molecule has 3 heterocycles. The normalized spacial score (nSPS) is 17.9. The molecule has 7 rings (SSSR count). The van der Waals surface area contributed by atoms with Crippen molar-refractivity contribution in [2.75, 3.05) is 7.11 Å². The van der Waals surface area contributed by atoms with Gasteiger partial charge in [0, 0.05) is 52.6 Å². The van der Waals surface area contributed by atoms with Crippen LogP contribution in [0.3, 0.4) is 0 Å². The molecule has 0 aliphatic heterocycles. The Hall–Kier alpha value is -3.99. The number of aromatic nitrogens is 4. The SMILES string of the molecule is CO[C@H]1C=C(C)C(c2c(C(C)(C)C)nn(-c3[c-]c(Oc4[c-]c5c(cc4)c4ccccc4n5-c4cc(C)ccn4)cc(C(C)C)c3)c2C(C)(C)C)[C@@H](C)C1.[Pt+2]. The first kappa shape index (κ1) is 39.7. The first-order valence-corrected chi connectivity index (χ1v) is 19.0. The van der Waals surface area contributed by atoms with Gasteiger partial charge in [0.25, 0.3) is 0 Å². The molecule has 0 radical (unpaired) electrons. The summed E-state index contributed by atoms with van der Waals surface area (Å²) in [6.07, 6.45) is 5.29. The second kappa shape index (κ2) is 14.9. The summed E-state index contributed by atoms with van der Waals surface area (Å²) in [4.78, 5) is 4.75. The van der Waals surface area contributed by atoms with Crippen LogP contribution in [-0.4, -0.2) is 32.5 Å². The third-order valence-electron chi connectivity index (χ3n) is 10.7. The Morgan fingerprint density at radius 2 is 1.61 bits per heavy atom. The predicted octanol–water partition coefficient (Wildman–Crippen LogP) is 11.9. The molecule has 3 aromatic heterocycles. The number of hydrogen-bond donors (Lipinski definition) is 0. The predicted molar refractivity (Wildman–Crippen MR) is 217 cm³/mol. The summed E-state index contributed by atoms with van der Waals surface area (Å²) in [5.41, 5.74) is 9.84. The van der Waals surface area contributed by atoms with Crippen molar-refractivity contribution in [3.63, 3.8) is 0 Å². The number of nitrogens with zero attached hydrogens (tertiary/aromatic N) is 4. The molecule has 3 aromatic carbocycles. The third-order valence-corrected chi connectivity index (χ3v) is 10.7. The van der Waals surface area contributed by atoms with Gasteiger partial charge in [0.05, 0.1) is 17.5 Å². The molecule has 0 spiro atoms. The minimum absolute atomic E-state index is 0. The number of methoxy groups -OCH3 is 1. The van der Waals surface area contributed by atoms with E-state index in [0.29, 0.717) is 17.4 Å². The zero-order valence-corrected chi connectivity index (χ0v) is 36.1. The number of aryl methyl sites for hydroxylation is 1. The number of pyridine rings is 1. The molecule has 0 N–H and O–H groups in total. The van der Waals surface area contributed by atoms with Crippen LogP contribution in [0.15, 0.2) is 78.5 Å². The van der Waals surface area contributed by atoms with Crippen molar-refractivity contribution in [1.29, 1.82) is 0 Å². The van der Waals surface area contributed by atoms with Gasteiger partial charge in [-0.25, -0.2) is 4.98 Å². The van der Waals surface area contributed by atoms with E-state index < -0.39 is 0 Å². The van der Waals surface area contributed by atoms with Gasteiger partial charge in [0.15, 0.2) is 0 Å². The molecule has 6 aromatic rings. The van der Waals surface area contributed by atoms with Gasteiger partial charge in [-0.15, -0.1) is 41.3 Å². The number of allylic oxidation sites excluding steroid dienone is 1. The fourth-order valence-electron chi connectivity index (χ4n) is 8.25. The number of fused-ring (bicyclic) bond motifs is 3. The van der Waals surface area contributed by atoms with Crippen LogP contribution in [-0.2, 0) is 36.6 Å². The maximum absolute atomic E-state index is 6.75. The quantitative estimate of drug-likeness (QED) is 0.118. The molecule has 54 heavy (non-hydrogen) atoms. The fraction of sp³-hybridized carbons (Fsp3) is 0.404. The number of para-hydroxylation sites is 1. The molecule has 0 saturated heterocycles. The van der Waals surface area contributed by atoms with Gasteiger partial charge in [0.1, 0.15) is 5.82 Å². The van der Waals surface area contributed by atoms with Crippen LogP contribution >= 0.6 is 0 Å². The number of hydrogen-bond acceptors (Lipinski definition) is 4. The molecule has 1 aliphatic carbocycles. The van der Waals surface area contributed by atoms with Crippen LogP contribution in [0.2, 0.25) is 0 Å². The molecule has 1 unspecified atom stereocenters. The van der Waals surface area contributed by atoms with E-state index in [-0.39, 0.29) is 49.8 Å². The van der Waals surface area contributed by atoms with Crippen molar-refractivity contribution >= 4 is 21.8 Å². The van der Waals surface area contributed by atoms with Gasteiger partial charge in [-0.1, -0.05) is 97.7 Å². The zero-order chi connectivity index (χ0) is 38.0. The largest absolute Gasteiger partial charge is 2.00 e. The van der Waals surface area contributed by atoms with E-state index in [4.69, 9.17) is 19.6 Å². The Balaban J connectivity index is 0.00000497. The van der Waals surface area contributed by atoms with E-state index in [0.717, 1.165) is 56.6 Å². The maximum atomic E-state index is 6.75. The average Bonchev–Trinajstić information content (AvgIpc) is 3.65. The second-order valence-corrected chi connectivity index (χ2v) is 17.4. The maximum Gasteiger partial charge on any atom is 2.00 e. The van der Waals surface area contributed by atoms with Crippen molar-refractivity contribution in [3.8, 4) is 23.0 Å². The number of benzene rings is 3.